The fourth-order valence-electron chi connectivity index (χ4n) is 3.59. The normalized spacial score (nSPS) is 19.9. The number of benzene rings is 2. The zero-order valence-corrected chi connectivity index (χ0v) is 16.6. The minimum Gasteiger partial charge on any atom is -0.464 e. The molecule has 1 aliphatic heterocycles. The SMILES string of the molecule is CCOC(=O)C1(Nc2cccc(C(C)=O)c2)c2cccc(C)c2N=CC1C(N)=O. The zero-order valence-electron chi connectivity index (χ0n) is 16.6. The maximum atomic E-state index is 13.3. The molecule has 3 N–H and O–H groups in total. The first kappa shape index (κ1) is 20.3. The molecule has 7 heteroatoms. The van der Waals surface area contributed by atoms with E-state index in [-0.39, 0.29) is 12.4 Å². The maximum Gasteiger partial charge on any atom is 0.337 e. The number of Topliss-reactive ketones (excluding diaryl/α,β-unsaturated/α-hetero) is 1. The van der Waals surface area contributed by atoms with Gasteiger partial charge in [0, 0.05) is 23.0 Å². The Morgan fingerprint density at radius 2 is 1.93 bits per heavy atom. The van der Waals surface area contributed by atoms with Crippen molar-refractivity contribution in [3.05, 3.63) is 59.2 Å². The number of amides is 1. The van der Waals surface area contributed by atoms with Gasteiger partial charge in [-0.3, -0.25) is 14.6 Å². The number of carbonyl (C=O) groups is 3. The topological polar surface area (TPSA) is 111 Å². The number of fused-ring (bicyclic) bond motifs is 1. The number of hydrogen-bond donors (Lipinski definition) is 2. The van der Waals surface area contributed by atoms with Crippen molar-refractivity contribution in [3.8, 4) is 0 Å². The van der Waals surface area contributed by atoms with Crippen molar-refractivity contribution >= 4 is 35.2 Å². The first-order valence-corrected chi connectivity index (χ1v) is 9.31. The average molecular weight is 393 g/mol. The second-order valence-corrected chi connectivity index (χ2v) is 6.92. The quantitative estimate of drug-likeness (QED) is 0.579. The number of aryl methyl sites for hydroxylation is 1. The Morgan fingerprint density at radius 3 is 2.59 bits per heavy atom. The Morgan fingerprint density at radius 1 is 1.21 bits per heavy atom. The smallest absolute Gasteiger partial charge is 0.337 e. The lowest BCUT2D eigenvalue weighted by Crippen LogP contribution is -2.56. The second-order valence-electron chi connectivity index (χ2n) is 6.92. The lowest BCUT2D eigenvalue weighted by Gasteiger charge is -2.40. The van der Waals surface area contributed by atoms with Crippen LogP contribution in [0, 0.1) is 12.8 Å². The standard InChI is InChI=1S/C22H23N3O4/c1-4-29-21(28)22(25-16-9-6-8-15(11-16)14(3)26)17-10-5-7-13(2)19(17)24-12-18(22)20(23)27/h5-12,18,25H,4H2,1-3H3,(H2,23,27). The first-order valence-electron chi connectivity index (χ1n) is 9.31. The van der Waals surface area contributed by atoms with Crippen LogP contribution >= 0.6 is 0 Å². The molecule has 2 aromatic rings. The molecule has 0 aliphatic carbocycles. The Labute approximate surface area is 169 Å². The molecule has 3 rings (SSSR count). The van der Waals surface area contributed by atoms with E-state index >= 15 is 0 Å². The Bertz CT molecular complexity index is 1010. The summed E-state index contributed by atoms with van der Waals surface area (Å²) in [6.07, 6.45) is 1.39. The Kier molecular flexibility index (Phi) is 5.50. The number of para-hydroxylation sites is 1. The van der Waals surface area contributed by atoms with Crippen LogP contribution in [0.25, 0.3) is 0 Å². The van der Waals surface area contributed by atoms with Crippen LogP contribution in [0.3, 0.4) is 0 Å². The average Bonchev–Trinajstić information content (AvgIpc) is 2.68. The summed E-state index contributed by atoms with van der Waals surface area (Å²) in [5.41, 5.74) is 6.93. The zero-order chi connectivity index (χ0) is 21.2. The molecule has 2 atom stereocenters. The number of anilines is 1. The predicted octanol–water partition coefficient (Wildman–Crippen LogP) is 2.89. The number of ketones is 1. The summed E-state index contributed by atoms with van der Waals surface area (Å²) in [4.78, 5) is 41.9. The largest absolute Gasteiger partial charge is 0.464 e. The van der Waals surface area contributed by atoms with Crippen molar-refractivity contribution in [2.75, 3.05) is 11.9 Å². The summed E-state index contributed by atoms with van der Waals surface area (Å²) in [5, 5.41) is 3.17. The fourth-order valence-corrected chi connectivity index (χ4v) is 3.59. The Balaban J connectivity index is 2.26. The van der Waals surface area contributed by atoms with E-state index in [1.54, 1.807) is 43.3 Å². The minimum absolute atomic E-state index is 0.119. The summed E-state index contributed by atoms with van der Waals surface area (Å²) >= 11 is 0. The highest BCUT2D eigenvalue weighted by Crippen LogP contribution is 2.44. The highest BCUT2D eigenvalue weighted by Gasteiger charge is 2.54. The third-order valence-electron chi connectivity index (χ3n) is 5.00. The van der Waals surface area contributed by atoms with Gasteiger partial charge in [-0.25, -0.2) is 4.79 Å². The number of ether oxygens (including phenoxy) is 1. The van der Waals surface area contributed by atoms with Crippen LogP contribution in [0.1, 0.15) is 35.3 Å². The van der Waals surface area contributed by atoms with Gasteiger partial charge in [0.05, 0.1) is 12.3 Å². The lowest BCUT2D eigenvalue weighted by atomic mass is 9.74. The van der Waals surface area contributed by atoms with Crippen LogP contribution in [0.15, 0.2) is 47.5 Å². The monoisotopic (exact) mass is 393 g/mol. The van der Waals surface area contributed by atoms with E-state index in [1.165, 1.54) is 13.1 Å². The van der Waals surface area contributed by atoms with Crippen molar-refractivity contribution in [3.63, 3.8) is 0 Å². The van der Waals surface area contributed by atoms with Gasteiger partial charge < -0.3 is 15.8 Å². The highest BCUT2D eigenvalue weighted by molar-refractivity contribution is 6.06. The molecule has 0 bridgehead atoms. The third kappa shape index (κ3) is 3.51. The molecule has 7 nitrogen and oxygen atoms in total. The van der Waals surface area contributed by atoms with Crippen molar-refractivity contribution in [2.45, 2.75) is 26.3 Å². The van der Waals surface area contributed by atoms with Crippen molar-refractivity contribution in [2.24, 2.45) is 16.6 Å². The summed E-state index contributed by atoms with van der Waals surface area (Å²) in [5.74, 6) is -2.57. The van der Waals surface area contributed by atoms with E-state index < -0.39 is 23.3 Å². The molecule has 1 amide bonds. The van der Waals surface area contributed by atoms with Crippen LogP contribution in [0.5, 0.6) is 0 Å². The lowest BCUT2D eigenvalue weighted by molar-refractivity contribution is -0.152. The number of carbonyl (C=O) groups excluding carboxylic acids is 3. The molecular weight excluding hydrogens is 370 g/mol. The van der Waals surface area contributed by atoms with E-state index in [2.05, 4.69) is 10.3 Å². The summed E-state index contributed by atoms with van der Waals surface area (Å²) in [7, 11) is 0. The maximum absolute atomic E-state index is 13.3. The van der Waals surface area contributed by atoms with Gasteiger partial charge in [0.15, 0.2) is 11.3 Å². The number of aliphatic imine (C=N–C) groups is 1. The van der Waals surface area contributed by atoms with Crippen LogP contribution in [0.4, 0.5) is 11.4 Å². The molecule has 0 saturated heterocycles. The molecule has 1 heterocycles. The van der Waals surface area contributed by atoms with Crippen LogP contribution in [-0.2, 0) is 19.9 Å². The molecule has 0 radical (unpaired) electrons. The number of nitrogens with one attached hydrogen (secondary N) is 1. The van der Waals surface area contributed by atoms with E-state index in [4.69, 9.17) is 10.5 Å². The van der Waals surface area contributed by atoms with Crippen molar-refractivity contribution < 1.29 is 19.1 Å². The van der Waals surface area contributed by atoms with Gasteiger partial charge >= 0.3 is 5.97 Å². The third-order valence-corrected chi connectivity index (χ3v) is 5.00. The summed E-state index contributed by atoms with van der Waals surface area (Å²) < 4.78 is 5.37. The van der Waals surface area contributed by atoms with Gasteiger partial charge in [-0.1, -0.05) is 30.3 Å². The summed E-state index contributed by atoms with van der Waals surface area (Å²) in [6.45, 7) is 5.14. The molecule has 0 spiro atoms. The number of esters is 1. The van der Waals surface area contributed by atoms with Crippen LogP contribution in [0.2, 0.25) is 0 Å². The van der Waals surface area contributed by atoms with Crippen LogP contribution < -0.4 is 11.1 Å². The number of primary amides is 1. The molecule has 29 heavy (non-hydrogen) atoms. The van der Waals surface area contributed by atoms with Crippen molar-refractivity contribution in [1.29, 1.82) is 0 Å². The number of rotatable bonds is 6. The fraction of sp³-hybridized carbons (Fsp3) is 0.273. The predicted molar refractivity (Wildman–Crippen MR) is 110 cm³/mol. The molecule has 2 unspecified atom stereocenters. The molecule has 0 aromatic heterocycles. The van der Waals surface area contributed by atoms with E-state index in [0.29, 0.717) is 22.5 Å². The summed E-state index contributed by atoms with van der Waals surface area (Å²) in [6, 6.07) is 12.1. The van der Waals surface area contributed by atoms with Gasteiger partial charge in [0.25, 0.3) is 0 Å². The van der Waals surface area contributed by atoms with Crippen LogP contribution in [-0.4, -0.2) is 30.5 Å². The number of hydrogen-bond acceptors (Lipinski definition) is 6. The van der Waals surface area contributed by atoms with E-state index in [0.717, 1.165) is 5.56 Å². The molecule has 150 valence electrons. The van der Waals surface area contributed by atoms with Gasteiger partial charge in [-0.05, 0) is 38.5 Å². The molecule has 2 aromatic carbocycles. The van der Waals surface area contributed by atoms with Gasteiger partial charge in [0.1, 0.15) is 5.92 Å². The molecule has 0 fully saturated rings. The first-order chi connectivity index (χ1) is 13.8. The van der Waals surface area contributed by atoms with Gasteiger partial charge in [0.2, 0.25) is 5.91 Å². The van der Waals surface area contributed by atoms with Gasteiger partial charge in [-0.15, -0.1) is 0 Å². The van der Waals surface area contributed by atoms with E-state index in [1.807, 2.05) is 13.0 Å². The number of nitrogens with zero attached hydrogens (tertiary/aromatic N) is 1. The number of nitrogens with two attached hydrogens (primary N) is 1. The minimum atomic E-state index is -1.61. The van der Waals surface area contributed by atoms with Crippen molar-refractivity contribution in [1.82, 2.24) is 0 Å². The second kappa shape index (κ2) is 7.87. The molecule has 1 aliphatic rings. The Hall–Kier alpha value is -3.48. The highest BCUT2D eigenvalue weighted by atomic mass is 16.5. The van der Waals surface area contributed by atoms with Gasteiger partial charge in [-0.2, -0.15) is 0 Å². The molecular formula is C22H23N3O4. The van der Waals surface area contributed by atoms with E-state index in [9.17, 15) is 14.4 Å². The molecule has 0 saturated carbocycles.